The first-order chi connectivity index (χ1) is 10.3. The summed E-state index contributed by atoms with van der Waals surface area (Å²) >= 11 is 1.70. The zero-order valence-electron chi connectivity index (χ0n) is 11.5. The summed E-state index contributed by atoms with van der Waals surface area (Å²) in [5.41, 5.74) is 10.3. The van der Waals surface area contributed by atoms with Crippen molar-refractivity contribution in [2.24, 2.45) is 0 Å². The predicted octanol–water partition coefficient (Wildman–Crippen LogP) is 2.89. The van der Waals surface area contributed by atoms with Gasteiger partial charge in [-0.3, -0.25) is 5.10 Å². The number of fused-ring (bicyclic) bond motifs is 3. The Morgan fingerprint density at radius 2 is 2.19 bits per heavy atom. The largest absolute Gasteiger partial charge is 0.497 e. The molecule has 1 aliphatic rings. The third kappa shape index (κ3) is 1.91. The van der Waals surface area contributed by atoms with Gasteiger partial charge in [-0.05, 0) is 36.6 Å². The van der Waals surface area contributed by atoms with Crippen LogP contribution in [0.5, 0.6) is 5.75 Å². The number of aryl methyl sites for hydroxylation is 2. The highest BCUT2D eigenvalue weighted by molar-refractivity contribution is 7.15. The van der Waals surface area contributed by atoms with Crippen molar-refractivity contribution in [3.05, 3.63) is 34.8 Å². The van der Waals surface area contributed by atoms with Gasteiger partial charge in [-0.25, -0.2) is 4.98 Å². The highest BCUT2D eigenvalue weighted by Gasteiger charge is 2.22. The van der Waals surface area contributed by atoms with Gasteiger partial charge in [0.15, 0.2) is 0 Å². The van der Waals surface area contributed by atoms with Gasteiger partial charge >= 0.3 is 0 Å². The number of hydrogen-bond acceptors (Lipinski definition) is 5. The van der Waals surface area contributed by atoms with Gasteiger partial charge in [0, 0.05) is 10.4 Å². The van der Waals surface area contributed by atoms with E-state index in [4.69, 9.17) is 15.5 Å². The molecule has 0 saturated heterocycles. The SMILES string of the molecule is COc1ccc2c(c1)CCc1sc(-c3cn[nH]c3N)nc1-2. The number of nitrogens with zero attached hydrogens (tertiary/aromatic N) is 2. The van der Waals surface area contributed by atoms with Crippen LogP contribution in [0, 0.1) is 0 Å². The lowest BCUT2D eigenvalue weighted by Crippen LogP contribution is -2.02. The van der Waals surface area contributed by atoms with E-state index in [2.05, 4.69) is 22.3 Å². The Hall–Kier alpha value is -2.34. The van der Waals surface area contributed by atoms with Crippen molar-refractivity contribution in [3.63, 3.8) is 0 Å². The maximum Gasteiger partial charge on any atom is 0.129 e. The van der Waals surface area contributed by atoms with Crippen molar-refractivity contribution in [2.75, 3.05) is 12.8 Å². The van der Waals surface area contributed by atoms with Crippen molar-refractivity contribution < 1.29 is 4.74 Å². The molecule has 0 spiro atoms. The minimum Gasteiger partial charge on any atom is -0.497 e. The quantitative estimate of drug-likeness (QED) is 0.762. The molecule has 1 aliphatic carbocycles. The van der Waals surface area contributed by atoms with E-state index in [0.717, 1.165) is 34.9 Å². The summed E-state index contributed by atoms with van der Waals surface area (Å²) in [4.78, 5) is 6.10. The van der Waals surface area contributed by atoms with Crippen molar-refractivity contribution in [1.82, 2.24) is 15.2 Å². The normalized spacial score (nSPS) is 12.8. The molecule has 1 aromatic carbocycles. The third-order valence-corrected chi connectivity index (χ3v) is 4.93. The van der Waals surface area contributed by atoms with Crippen molar-refractivity contribution in [1.29, 1.82) is 0 Å². The molecule has 0 bridgehead atoms. The minimum atomic E-state index is 0.566. The number of nitrogens with two attached hydrogens (primary N) is 1. The molecule has 0 atom stereocenters. The van der Waals surface area contributed by atoms with Gasteiger partial charge in [0.1, 0.15) is 16.6 Å². The maximum atomic E-state index is 5.90. The van der Waals surface area contributed by atoms with Crippen molar-refractivity contribution in [2.45, 2.75) is 12.8 Å². The van der Waals surface area contributed by atoms with Gasteiger partial charge in [-0.1, -0.05) is 0 Å². The number of thiazole rings is 1. The van der Waals surface area contributed by atoms with E-state index < -0.39 is 0 Å². The lowest BCUT2D eigenvalue weighted by atomic mass is 9.93. The summed E-state index contributed by atoms with van der Waals surface area (Å²) in [7, 11) is 1.69. The van der Waals surface area contributed by atoms with E-state index in [1.165, 1.54) is 16.0 Å². The Kier molecular flexibility index (Phi) is 2.71. The predicted molar refractivity (Wildman–Crippen MR) is 83.5 cm³/mol. The monoisotopic (exact) mass is 298 g/mol. The summed E-state index contributed by atoms with van der Waals surface area (Å²) < 4.78 is 5.30. The van der Waals surface area contributed by atoms with Crippen LogP contribution >= 0.6 is 11.3 Å². The molecule has 2 heterocycles. The number of methoxy groups -OCH3 is 1. The van der Waals surface area contributed by atoms with E-state index in [-0.39, 0.29) is 0 Å². The minimum absolute atomic E-state index is 0.566. The number of hydrogen-bond donors (Lipinski definition) is 2. The summed E-state index contributed by atoms with van der Waals surface area (Å²) in [6, 6.07) is 6.18. The average Bonchev–Trinajstić information content (AvgIpc) is 3.11. The van der Waals surface area contributed by atoms with Gasteiger partial charge in [0.05, 0.1) is 24.6 Å². The van der Waals surface area contributed by atoms with Crippen LogP contribution in [0.3, 0.4) is 0 Å². The molecule has 6 heteroatoms. The Bertz CT molecular complexity index is 821. The number of nitrogens with one attached hydrogen (secondary N) is 1. The van der Waals surface area contributed by atoms with Crippen LogP contribution in [-0.2, 0) is 12.8 Å². The van der Waals surface area contributed by atoms with Crippen LogP contribution in [0.1, 0.15) is 10.4 Å². The van der Waals surface area contributed by atoms with Crippen molar-refractivity contribution in [3.8, 4) is 27.6 Å². The number of anilines is 1. The fraction of sp³-hybridized carbons (Fsp3) is 0.200. The molecule has 21 heavy (non-hydrogen) atoms. The van der Waals surface area contributed by atoms with Crippen LogP contribution in [-0.4, -0.2) is 22.3 Å². The second kappa shape index (κ2) is 4.60. The lowest BCUT2D eigenvalue weighted by Gasteiger charge is -2.15. The Morgan fingerprint density at radius 3 is 2.95 bits per heavy atom. The third-order valence-electron chi connectivity index (χ3n) is 3.79. The first-order valence-electron chi connectivity index (χ1n) is 6.72. The Balaban J connectivity index is 1.84. The highest BCUT2D eigenvalue weighted by Crippen LogP contribution is 2.41. The highest BCUT2D eigenvalue weighted by atomic mass is 32.1. The van der Waals surface area contributed by atoms with Crippen LogP contribution in [0.25, 0.3) is 21.8 Å². The molecule has 4 rings (SSSR count). The van der Waals surface area contributed by atoms with E-state index in [1.54, 1.807) is 24.6 Å². The number of aromatic nitrogens is 3. The number of aromatic amines is 1. The number of nitrogen functional groups attached to an aromatic ring is 1. The van der Waals surface area contributed by atoms with Gasteiger partial charge in [0.2, 0.25) is 0 Å². The zero-order chi connectivity index (χ0) is 14.4. The fourth-order valence-corrected chi connectivity index (χ4v) is 3.80. The smallest absolute Gasteiger partial charge is 0.129 e. The van der Waals surface area contributed by atoms with E-state index >= 15 is 0 Å². The molecule has 0 saturated carbocycles. The first kappa shape index (κ1) is 12.4. The van der Waals surface area contributed by atoms with Crippen molar-refractivity contribution >= 4 is 17.2 Å². The Labute approximate surface area is 125 Å². The Morgan fingerprint density at radius 1 is 1.29 bits per heavy atom. The molecule has 106 valence electrons. The van der Waals surface area contributed by atoms with Crippen LogP contribution < -0.4 is 10.5 Å². The molecular formula is C15H14N4OS. The average molecular weight is 298 g/mol. The molecule has 5 nitrogen and oxygen atoms in total. The zero-order valence-corrected chi connectivity index (χ0v) is 12.3. The summed E-state index contributed by atoms with van der Waals surface area (Å²) in [5, 5.41) is 7.66. The molecule has 3 aromatic rings. The molecule has 0 radical (unpaired) electrons. The molecule has 0 aliphatic heterocycles. The standard InChI is InChI=1S/C15H14N4OS/c1-20-9-3-4-10-8(6-9)2-5-12-13(10)18-15(21-12)11-7-17-19-14(11)16/h3-4,6-7H,2,5H2,1H3,(H3,16,17,19). The van der Waals surface area contributed by atoms with Gasteiger partial charge < -0.3 is 10.5 Å². The van der Waals surface area contributed by atoms with E-state index in [1.807, 2.05) is 6.07 Å². The second-order valence-electron chi connectivity index (χ2n) is 5.01. The summed E-state index contributed by atoms with van der Waals surface area (Å²) in [6.45, 7) is 0. The molecule has 0 unspecified atom stereocenters. The van der Waals surface area contributed by atoms with Crippen LogP contribution in [0.2, 0.25) is 0 Å². The molecule has 0 amide bonds. The van der Waals surface area contributed by atoms with Gasteiger partial charge in [-0.2, -0.15) is 5.10 Å². The molecular weight excluding hydrogens is 284 g/mol. The van der Waals surface area contributed by atoms with Crippen LogP contribution in [0.15, 0.2) is 24.4 Å². The first-order valence-corrected chi connectivity index (χ1v) is 7.54. The van der Waals surface area contributed by atoms with E-state index in [0.29, 0.717) is 5.82 Å². The second-order valence-corrected chi connectivity index (χ2v) is 6.09. The lowest BCUT2D eigenvalue weighted by molar-refractivity contribution is 0.414. The maximum absolute atomic E-state index is 5.90. The summed E-state index contributed by atoms with van der Waals surface area (Å²) in [5.74, 6) is 1.46. The van der Waals surface area contributed by atoms with E-state index in [9.17, 15) is 0 Å². The van der Waals surface area contributed by atoms with Gasteiger partial charge in [-0.15, -0.1) is 11.3 Å². The number of H-pyrrole nitrogens is 1. The summed E-state index contributed by atoms with van der Waals surface area (Å²) in [6.07, 6.45) is 3.75. The van der Waals surface area contributed by atoms with Gasteiger partial charge in [0.25, 0.3) is 0 Å². The topological polar surface area (TPSA) is 76.8 Å². The number of ether oxygens (including phenoxy) is 1. The molecule has 3 N–H and O–H groups in total. The fourth-order valence-electron chi connectivity index (χ4n) is 2.70. The van der Waals surface area contributed by atoms with Crippen LogP contribution in [0.4, 0.5) is 5.82 Å². The molecule has 0 fully saturated rings. The molecule has 2 aromatic heterocycles. The number of benzene rings is 1. The number of rotatable bonds is 2.